The lowest BCUT2D eigenvalue weighted by Gasteiger charge is -2.11. The Balaban J connectivity index is 1.92. The highest BCUT2D eigenvalue weighted by molar-refractivity contribution is 5.82. The number of rotatable bonds is 4. The molecule has 1 aromatic heterocycles. The molecule has 0 aliphatic carbocycles. The van der Waals surface area contributed by atoms with Crippen molar-refractivity contribution in [2.75, 3.05) is 0 Å². The largest absolute Gasteiger partial charge is 0.324 e. The summed E-state index contributed by atoms with van der Waals surface area (Å²) >= 11 is 0. The first-order valence-corrected chi connectivity index (χ1v) is 7.45. The molecule has 0 aliphatic rings. The van der Waals surface area contributed by atoms with Crippen molar-refractivity contribution in [2.24, 2.45) is 5.73 Å². The SMILES string of the molecule is CCn1nc(CC(N)c2ccc(C)cc2)c2ccccc21. The van der Waals surface area contributed by atoms with Crippen LogP contribution in [-0.4, -0.2) is 9.78 Å². The van der Waals surface area contributed by atoms with Crippen LogP contribution in [0.15, 0.2) is 48.5 Å². The molecular weight excluding hydrogens is 258 g/mol. The summed E-state index contributed by atoms with van der Waals surface area (Å²) in [6.07, 6.45) is 0.760. The molecule has 2 aromatic carbocycles. The minimum Gasteiger partial charge on any atom is -0.324 e. The molecule has 1 atom stereocenters. The number of para-hydroxylation sites is 1. The van der Waals surface area contributed by atoms with E-state index in [1.54, 1.807) is 0 Å². The molecule has 0 fully saturated rings. The molecule has 3 heteroatoms. The lowest BCUT2D eigenvalue weighted by Crippen LogP contribution is -2.14. The van der Waals surface area contributed by atoms with Crippen LogP contribution in [0.3, 0.4) is 0 Å². The van der Waals surface area contributed by atoms with Gasteiger partial charge in [-0.15, -0.1) is 0 Å². The first-order chi connectivity index (χ1) is 10.2. The standard InChI is InChI=1S/C18H21N3/c1-3-21-18-7-5-4-6-15(18)17(20-21)12-16(19)14-10-8-13(2)9-11-14/h4-11,16H,3,12,19H2,1-2H3. The summed E-state index contributed by atoms with van der Waals surface area (Å²) in [5, 5.41) is 5.94. The van der Waals surface area contributed by atoms with E-state index in [-0.39, 0.29) is 6.04 Å². The molecule has 0 amide bonds. The topological polar surface area (TPSA) is 43.8 Å². The Morgan fingerprint density at radius 3 is 2.52 bits per heavy atom. The number of aromatic nitrogens is 2. The summed E-state index contributed by atoms with van der Waals surface area (Å²) < 4.78 is 2.05. The lowest BCUT2D eigenvalue weighted by atomic mass is 10.0. The molecule has 21 heavy (non-hydrogen) atoms. The lowest BCUT2D eigenvalue weighted by molar-refractivity contribution is 0.641. The number of hydrogen-bond acceptors (Lipinski definition) is 2. The summed E-state index contributed by atoms with van der Waals surface area (Å²) in [5.74, 6) is 0. The van der Waals surface area contributed by atoms with E-state index in [1.807, 2.05) is 4.68 Å². The zero-order valence-electron chi connectivity index (χ0n) is 12.6. The van der Waals surface area contributed by atoms with E-state index < -0.39 is 0 Å². The number of aryl methyl sites for hydroxylation is 2. The van der Waals surface area contributed by atoms with Crippen LogP contribution in [0.25, 0.3) is 10.9 Å². The van der Waals surface area contributed by atoms with Gasteiger partial charge in [0.05, 0.1) is 11.2 Å². The Kier molecular flexibility index (Phi) is 3.76. The number of fused-ring (bicyclic) bond motifs is 1. The van der Waals surface area contributed by atoms with Gasteiger partial charge in [0.2, 0.25) is 0 Å². The van der Waals surface area contributed by atoms with E-state index in [0.717, 1.165) is 24.2 Å². The van der Waals surface area contributed by atoms with Crippen molar-refractivity contribution < 1.29 is 0 Å². The predicted octanol–water partition coefficient (Wildman–Crippen LogP) is 3.61. The van der Waals surface area contributed by atoms with Gasteiger partial charge >= 0.3 is 0 Å². The molecule has 3 aromatic rings. The molecule has 3 nitrogen and oxygen atoms in total. The molecule has 1 heterocycles. The van der Waals surface area contributed by atoms with E-state index in [0.29, 0.717) is 0 Å². The van der Waals surface area contributed by atoms with Crippen LogP contribution in [-0.2, 0) is 13.0 Å². The third kappa shape index (κ3) is 2.69. The van der Waals surface area contributed by atoms with Crippen molar-refractivity contribution in [3.05, 3.63) is 65.4 Å². The van der Waals surface area contributed by atoms with Crippen molar-refractivity contribution in [3.8, 4) is 0 Å². The number of benzene rings is 2. The molecule has 0 spiro atoms. The first kappa shape index (κ1) is 13.8. The summed E-state index contributed by atoms with van der Waals surface area (Å²) in [5.41, 5.74) is 11.1. The Labute approximate surface area is 125 Å². The Morgan fingerprint density at radius 2 is 1.81 bits per heavy atom. The van der Waals surface area contributed by atoms with Gasteiger partial charge in [-0.05, 0) is 25.5 Å². The monoisotopic (exact) mass is 279 g/mol. The van der Waals surface area contributed by atoms with E-state index in [1.165, 1.54) is 16.5 Å². The maximum absolute atomic E-state index is 6.37. The molecule has 2 N–H and O–H groups in total. The van der Waals surface area contributed by atoms with Crippen LogP contribution in [0.2, 0.25) is 0 Å². The fraction of sp³-hybridized carbons (Fsp3) is 0.278. The van der Waals surface area contributed by atoms with Crippen molar-refractivity contribution in [2.45, 2.75) is 32.9 Å². The van der Waals surface area contributed by atoms with Crippen molar-refractivity contribution in [3.63, 3.8) is 0 Å². The minimum atomic E-state index is -0.0192. The van der Waals surface area contributed by atoms with Gasteiger partial charge in [0.15, 0.2) is 0 Å². The van der Waals surface area contributed by atoms with Crippen molar-refractivity contribution in [1.82, 2.24) is 9.78 Å². The highest BCUT2D eigenvalue weighted by Crippen LogP contribution is 2.23. The maximum atomic E-state index is 6.37. The maximum Gasteiger partial charge on any atom is 0.0722 e. The van der Waals surface area contributed by atoms with Crippen LogP contribution < -0.4 is 5.73 Å². The molecule has 3 rings (SSSR count). The molecular formula is C18H21N3. The average Bonchev–Trinajstić information content (AvgIpc) is 2.86. The zero-order valence-corrected chi connectivity index (χ0v) is 12.6. The van der Waals surface area contributed by atoms with E-state index in [2.05, 4.69) is 62.4 Å². The summed E-state index contributed by atoms with van der Waals surface area (Å²) in [4.78, 5) is 0. The molecule has 0 bridgehead atoms. The molecule has 1 unspecified atom stereocenters. The van der Waals surface area contributed by atoms with Gasteiger partial charge in [-0.3, -0.25) is 4.68 Å². The van der Waals surface area contributed by atoms with Gasteiger partial charge in [-0.2, -0.15) is 5.10 Å². The van der Waals surface area contributed by atoms with E-state index in [9.17, 15) is 0 Å². The molecule has 108 valence electrons. The summed E-state index contributed by atoms with van der Waals surface area (Å²) in [6, 6.07) is 16.8. The fourth-order valence-corrected chi connectivity index (χ4v) is 2.73. The summed E-state index contributed by atoms with van der Waals surface area (Å²) in [7, 11) is 0. The fourth-order valence-electron chi connectivity index (χ4n) is 2.73. The van der Waals surface area contributed by atoms with Crippen LogP contribution in [0, 0.1) is 6.92 Å². The third-order valence-electron chi connectivity index (χ3n) is 3.95. The highest BCUT2D eigenvalue weighted by atomic mass is 15.3. The Bertz CT molecular complexity index is 741. The number of nitrogens with zero attached hydrogens (tertiary/aromatic N) is 2. The normalized spacial score (nSPS) is 12.7. The second kappa shape index (κ2) is 5.70. The van der Waals surface area contributed by atoms with Gasteiger partial charge in [-0.1, -0.05) is 48.0 Å². The third-order valence-corrected chi connectivity index (χ3v) is 3.95. The van der Waals surface area contributed by atoms with Crippen LogP contribution in [0.4, 0.5) is 0 Å². The van der Waals surface area contributed by atoms with Gasteiger partial charge in [-0.25, -0.2) is 0 Å². The van der Waals surface area contributed by atoms with Gasteiger partial charge in [0, 0.05) is 24.4 Å². The van der Waals surface area contributed by atoms with Crippen LogP contribution >= 0.6 is 0 Å². The number of nitrogens with two attached hydrogens (primary N) is 1. The Hall–Kier alpha value is -2.13. The van der Waals surface area contributed by atoms with Crippen LogP contribution in [0.1, 0.15) is 29.8 Å². The minimum absolute atomic E-state index is 0.0192. The highest BCUT2D eigenvalue weighted by Gasteiger charge is 2.14. The molecule has 0 saturated carbocycles. The van der Waals surface area contributed by atoms with Crippen molar-refractivity contribution >= 4 is 10.9 Å². The van der Waals surface area contributed by atoms with E-state index >= 15 is 0 Å². The van der Waals surface area contributed by atoms with Gasteiger partial charge < -0.3 is 5.73 Å². The van der Waals surface area contributed by atoms with Gasteiger partial charge in [0.25, 0.3) is 0 Å². The zero-order chi connectivity index (χ0) is 14.8. The second-order valence-corrected chi connectivity index (χ2v) is 5.50. The van der Waals surface area contributed by atoms with Crippen molar-refractivity contribution in [1.29, 1.82) is 0 Å². The number of hydrogen-bond donors (Lipinski definition) is 1. The van der Waals surface area contributed by atoms with E-state index in [4.69, 9.17) is 10.8 Å². The second-order valence-electron chi connectivity index (χ2n) is 5.50. The molecule has 0 radical (unpaired) electrons. The quantitative estimate of drug-likeness (QED) is 0.793. The predicted molar refractivity (Wildman–Crippen MR) is 87.2 cm³/mol. The first-order valence-electron chi connectivity index (χ1n) is 7.45. The van der Waals surface area contributed by atoms with Gasteiger partial charge in [0.1, 0.15) is 0 Å². The smallest absolute Gasteiger partial charge is 0.0722 e. The summed E-state index contributed by atoms with van der Waals surface area (Å²) in [6.45, 7) is 5.08. The average molecular weight is 279 g/mol. The molecule has 0 aliphatic heterocycles. The van der Waals surface area contributed by atoms with Crippen LogP contribution in [0.5, 0.6) is 0 Å². The Morgan fingerprint density at radius 1 is 1.10 bits per heavy atom. The molecule has 0 saturated heterocycles.